The normalized spacial score (nSPS) is 21.9. The summed E-state index contributed by atoms with van der Waals surface area (Å²) in [7, 11) is 0. The third-order valence-corrected chi connectivity index (χ3v) is 6.31. The Morgan fingerprint density at radius 3 is 2.88 bits per heavy atom. The number of carbonyl (C=O) groups excluding carboxylic acids is 2. The highest BCUT2D eigenvalue weighted by Gasteiger charge is 2.48. The van der Waals surface area contributed by atoms with Crippen molar-refractivity contribution in [1.29, 1.82) is 0 Å². The summed E-state index contributed by atoms with van der Waals surface area (Å²) in [4.78, 5) is 41.3. The van der Waals surface area contributed by atoms with Gasteiger partial charge in [-0.05, 0) is 48.9 Å². The summed E-state index contributed by atoms with van der Waals surface area (Å²) in [5, 5.41) is 8.83. The number of aromatic nitrogens is 1. The topological polar surface area (TPSA) is 102 Å². The lowest BCUT2D eigenvalue weighted by atomic mass is 9.70. The van der Waals surface area contributed by atoms with Crippen LogP contribution < -0.4 is 10.4 Å². The Hall–Kier alpha value is -2.45. The van der Waals surface area contributed by atoms with Crippen molar-refractivity contribution < 1.29 is 14.8 Å². The van der Waals surface area contributed by atoms with Crippen molar-refractivity contribution in [1.82, 2.24) is 15.4 Å². The van der Waals surface area contributed by atoms with Crippen LogP contribution in [0.3, 0.4) is 0 Å². The van der Waals surface area contributed by atoms with Gasteiger partial charge in [0.2, 0.25) is 5.91 Å². The molecule has 2 aromatic rings. The minimum Gasteiger partial charge on any atom is -0.337 e. The lowest BCUT2D eigenvalue weighted by Gasteiger charge is -2.33. The standard InChI is InChI=1S/C18H19N3O4S/c22-15(20-25)12-2-1-11-3-4-18(8-13(11)7-12)5-6-21(16(18)23)10-14-9-19-17(24)26-14/h1-2,7,9,25H,3-6,8,10H2,(H,19,24)(H,20,22). The van der Waals surface area contributed by atoms with Crippen molar-refractivity contribution in [3.05, 3.63) is 55.6 Å². The van der Waals surface area contributed by atoms with Gasteiger partial charge in [-0.25, -0.2) is 5.48 Å². The second kappa shape index (κ2) is 6.37. The van der Waals surface area contributed by atoms with E-state index in [-0.39, 0.29) is 10.8 Å². The Kier molecular flexibility index (Phi) is 4.16. The molecule has 2 amide bonds. The fraction of sp³-hybridized carbons (Fsp3) is 0.389. The molecule has 1 aromatic carbocycles. The molecule has 1 unspecified atom stereocenters. The minimum absolute atomic E-state index is 0.109. The Labute approximate surface area is 153 Å². The molecule has 1 spiro atoms. The van der Waals surface area contributed by atoms with E-state index in [2.05, 4.69) is 4.98 Å². The monoisotopic (exact) mass is 373 g/mol. The van der Waals surface area contributed by atoms with Crippen LogP contribution in [0, 0.1) is 5.41 Å². The van der Waals surface area contributed by atoms with Gasteiger partial charge in [0.05, 0.1) is 12.0 Å². The first kappa shape index (κ1) is 17.0. The summed E-state index contributed by atoms with van der Waals surface area (Å²) in [6, 6.07) is 5.37. The first-order valence-electron chi connectivity index (χ1n) is 8.54. The summed E-state index contributed by atoms with van der Waals surface area (Å²) in [6.07, 6.45) is 4.65. The number of aryl methyl sites for hydroxylation is 1. The van der Waals surface area contributed by atoms with Crippen molar-refractivity contribution >= 4 is 23.2 Å². The quantitative estimate of drug-likeness (QED) is 0.560. The van der Waals surface area contributed by atoms with Gasteiger partial charge < -0.3 is 9.88 Å². The van der Waals surface area contributed by atoms with E-state index in [0.29, 0.717) is 25.1 Å². The van der Waals surface area contributed by atoms with Crippen LogP contribution in [0.4, 0.5) is 0 Å². The molecule has 1 atom stereocenters. The largest absolute Gasteiger partial charge is 0.337 e. The average molecular weight is 373 g/mol. The van der Waals surface area contributed by atoms with Gasteiger partial charge in [0.25, 0.3) is 5.91 Å². The van der Waals surface area contributed by atoms with E-state index in [1.54, 1.807) is 23.8 Å². The highest BCUT2D eigenvalue weighted by Crippen LogP contribution is 2.44. The summed E-state index contributed by atoms with van der Waals surface area (Å²) >= 11 is 1.13. The molecule has 2 heterocycles. The minimum atomic E-state index is -0.547. The van der Waals surface area contributed by atoms with Crippen molar-refractivity contribution in [2.45, 2.75) is 32.2 Å². The Morgan fingerprint density at radius 1 is 1.31 bits per heavy atom. The second-order valence-electron chi connectivity index (χ2n) is 7.00. The number of nitrogens with zero attached hydrogens (tertiary/aromatic N) is 1. The van der Waals surface area contributed by atoms with Gasteiger partial charge in [-0.15, -0.1) is 0 Å². The maximum absolute atomic E-state index is 13.1. The van der Waals surface area contributed by atoms with Gasteiger partial charge in [0.15, 0.2) is 0 Å². The van der Waals surface area contributed by atoms with E-state index in [9.17, 15) is 14.4 Å². The zero-order chi connectivity index (χ0) is 18.3. The van der Waals surface area contributed by atoms with Crippen LogP contribution in [0.15, 0.2) is 29.2 Å². The Bertz CT molecular complexity index is 935. The van der Waals surface area contributed by atoms with Crippen molar-refractivity contribution in [3.63, 3.8) is 0 Å². The van der Waals surface area contributed by atoms with Crippen LogP contribution in [-0.4, -0.2) is 33.5 Å². The lowest BCUT2D eigenvalue weighted by molar-refractivity contribution is -0.137. The zero-order valence-corrected chi connectivity index (χ0v) is 14.9. The second-order valence-corrected chi connectivity index (χ2v) is 8.10. The first-order chi connectivity index (χ1) is 12.5. The molecule has 7 nitrogen and oxygen atoms in total. The highest BCUT2D eigenvalue weighted by atomic mass is 32.1. The van der Waals surface area contributed by atoms with Crippen LogP contribution in [0.2, 0.25) is 0 Å². The predicted molar refractivity (Wildman–Crippen MR) is 95.1 cm³/mol. The van der Waals surface area contributed by atoms with Gasteiger partial charge in [0.1, 0.15) is 0 Å². The summed E-state index contributed by atoms with van der Waals surface area (Å²) in [5.41, 5.74) is 3.77. The van der Waals surface area contributed by atoms with E-state index in [4.69, 9.17) is 5.21 Å². The Balaban J connectivity index is 1.56. The molecule has 1 fully saturated rings. The van der Waals surface area contributed by atoms with Gasteiger partial charge >= 0.3 is 4.87 Å². The molecule has 2 aliphatic rings. The van der Waals surface area contributed by atoms with E-state index >= 15 is 0 Å². The number of thiazole rings is 1. The molecule has 0 radical (unpaired) electrons. The zero-order valence-electron chi connectivity index (χ0n) is 14.1. The Morgan fingerprint density at radius 2 is 2.15 bits per heavy atom. The molecule has 1 aromatic heterocycles. The highest BCUT2D eigenvalue weighted by molar-refractivity contribution is 7.09. The number of hydroxylamine groups is 1. The number of hydrogen-bond acceptors (Lipinski definition) is 5. The van der Waals surface area contributed by atoms with E-state index in [1.807, 2.05) is 11.0 Å². The number of likely N-dealkylation sites (tertiary alicyclic amines) is 1. The number of rotatable bonds is 3. The SMILES string of the molecule is O=C(NO)c1ccc2c(c1)CC1(CC2)CCN(Cc2c[nH]c(=O)s2)C1=O. The van der Waals surface area contributed by atoms with Crippen LogP contribution >= 0.6 is 11.3 Å². The maximum Gasteiger partial charge on any atom is 0.304 e. The number of nitrogens with one attached hydrogen (secondary N) is 2. The van der Waals surface area contributed by atoms with E-state index in [0.717, 1.165) is 46.6 Å². The number of H-pyrrole nitrogens is 1. The van der Waals surface area contributed by atoms with Crippen molar-refractivity contribution in [2.24, 2.45) is 5.41 Å². The fourth-order valence-corrected chi connectivity index (χ4v) is 4.78. The van der Waals surface area contributed by atoms with Crippen molar-refractivity contribution in [2.75, 3.05) is 6.54 Å². The van der Waals surface area contributed by atoms with E-state index in [1.165, 1.54) is 0 Å². The van der Waals surface area contributed by atoms with Crippen LogP contribution in [0.1, 0.15) is 39.2 Å². The van der Waals surface area contributed by atoms with E-state index < -0.39 is 11.3 Å². The average Bonchev–Trinajstić information content (AvgIpc) is 3.19. The number of fused-ring (bicyclic) bond motifs is 1. The molecule has 26 heavy (non-hydrogen) atoms. The third kappa shape index (κ3) is 2.85. The van der Waals surface area contributed by atoms with Gasteiger partial charge in [-0.1, -0.05) is 17.4 Å². The van der Waals surface area contributed by atoms with Crippen LogP contribution in [0.5, 0.6) is 0 Å². The maximum atomic E-state index is 13.1. The van der Waals surface area contributed by atoms with Gasteiger partial charge in [-0.3, -0.25) is 19.6 Å². The molecular formula is C18H19N3O4S. The first-order valence-corrected chi connectivity index (χ1v) is 9.35. The number of benzene rings is 1. The van der Waals surface area contributed by atoms with Gasteiger partial charge in [0, 0.05) is 23.2 Å². The summed E-state index contributed by atoms with van der Waals surface area (Å²) in [6.45, 7) is 1.14. The summed E-state index contributed by atoms with van der Waals surface area (Å²) < 4.78 is 0. The molecular weight excluding hydrogens is 354 g/mol. The predicted octanol–water partition coefficient (Wildman–Crippen LogP) is 1.46. The molecule has 1 aliphatic heterocycles. The fourth-order valence-electron chi connectivity index (χ4n) is 4.09. The molecule has 136 valence electrons. The van der Waals surface area contributed by atoms with Crippen LogP contribution in [0.25, 0.3) is 0 Å². The molecule has 0 bridgehead atoms. The van der Waals surface area contributed by atoms with Crippen LogP contribution in [-0.2, 0) is 24.2 Å². The van der Waals surface area contributed by atoms with Crippen molar-refractivity contribution in [3.8, 4) is 0 Å². The number of hydrogen-bond donors (Lipinski definition) is 3. The summed E-state index contributed by atoms with van der Waals surface area (Å²) in [5.74, 6) is -0.421. The number of carbonyl (C=O) groups is 2. The molecule has 1 saturated heterocycles. The third-order valence-electron chi connectivity index (χ3n) is 5.49. The molecule has 1 aliphatic carbocycles. The molecule has 8 heteroatoms. The number of amides is 2. The number of aromatic amines is 1. The lowest BCUT2D eigenvalue weighted by Crippen LogP contribution is -2.38. The molecule has 3 N–H and O–H groups in total. The molecule has 4 rings (SSSR count). The van der Waals surface area contributed by atoms with Gasteiger partial charge in [-0.2, -0.15) is 0 Å². The smallest absolute Gasteiger partial charge is 0.304 e. The molecule has 0 saturated carbocycles.